The number of carbonyl (C=O) groups is 1. The van der Waals surface area contributed by atoms with E-state index in [1.165, 1.54) is 0 Å². The summed E-state index contributed by atoms with van der Waals surface area (Å²) < 4.78 is 92.2. The van der Waals surface area contributed by atoms with Gasteiger partial charge in [-0.1, -0.05) is 6.08 Å². The van der Waals surface area contributed by atoms with Gasteiger partial charge < -0.3 is 14.2 Å². The standard InChI is InChI=1S/C12H14F6O4/c1-2-3-10(13,12(16,17)18)11(14,15)4-5-20-6-8-7-21-9(19)22-8/h2,8H,1,3-7H2. The molecule has 0 spiro atoms. The van der Waals surface area contributed by atoms with Crippen LogP contribution < -0.4 is 0 Å². The molecule has 1 saturated heterocycles. The maximum atomic E-state index is 13.8. The van der Waals surface area contributed by atoms with Gasteiger partial charge in [0, 0.05) is 12.8 Å². The summed E-state index contributed by atoms with van der Waals surface area (Å²) in [6.07, 6.45) is -10.1. The molecule has 128 valence electrons. The highest BCUT2D eigenvalue weighted by molar-refractivity contribution is 5.61. The van der Waals surface area contributed by atoms with Crippen LogP contribution in [0.15, 0.2) is 12.7 Å². The van der Waals surface area contributed by atoms with Gasteiger partial charge >= 0.3 is 12.3 Å². The minimum atomic E-state index is -5.75. The van der Waals surface area contributed by atoms with E-state index in [1.807, 2.05) is 0 Å². The minimum Gasteiger partial charge on any atom is -0.430 e. The van der Waals surface area contributed by atoms with Crippen molar-refractivity contribution in [2.24, 2.45) is 0 Å². The second kappa shape index (κ2) is 6.76. The van der Waals surface area contributed by atoms with Crippen LogP contribution in [-0.4, -0.2) is 49.8 Å². The van der Waals surface area contributed by atoms with Crippen LogP contribution in [0.4, 0.5) is 31.1 Å². The van der Waals surface area contributed by atoms with Crippen molar-refractivity contribution in [2.75, 3.05) is 19.8 Å². The number of carbonyl (C=O) groups excluding carboxylic acids is 1. The fraction of sp³-hybridized carbons (Fsp3) is 0.750. The van der Waals surface area contributed by atoms with E-state index in [0.717, 1.165) is 0 Å². The summed E-state index contributed by atoms with van der Waals surface area (Å²) >= 11 is 0. The number of alkyl halides is 6. The molecule has 0 saturated carbocycles. The molecule has 0 aliphatic carbocycles. The summed E-state index contributed by atoms with van der Waals surface area (Å²) in [5, 5.41) is 0. The Hall–Kier alpha value is -1.45. The third-order valence-corrected chi connectivity index (χ3v) is 2.97. The molecule has 0 aromatic rings. The average Bonchev–Trinajstić information content (AvgIpc) is 2.79. The Morgan fingerprint density at radius 2 is 1.91 bits per heavy atom. The summed E-state index contributed by atoms with van der Waals surface area (Å²) in [5.41, 5.74) is -4.71. The molecule has 0 N–H and O–H groups in total. The van der Waals surface area contributed by atoms with Gasteiger partial charge in [0.15, 0.2) is 6.10 Å². The van der Waals surface area contributed by atoms with Gasteiger partial charge in [-0.3, -0.25) is 0 Å². The van der Waals surface area contributed by atoms with E-state index in [0.29, 0.717) is 6.08 Å². The minimum absolute atomic E-state index is 0.151. The monoisotopic (exact) mass is 336 g/mol. The van der Waals surface area contributed by atoms with Crippen LogP contribution in [0.5, 0.6) is 0 Å². The fourth-order valence-electron chi connectivity index (χ4n) is 1.73. The molecular formula is C12H14F6O4. The van der Waals surface area contributed by atoms with Crippen LogP contribution >= 0.6 is 0 Å². The Labute approximate surface area is 122 Å². The molecule has 1 aliphatic rings. The molecule has 2 unspecified atom stereocenters. The molecule has 10 heteroatoms. The summed E-state index contributed by atoms with van der Waals surface area (Å²) in [6.45, 7) is 1.52. The van der Waals surface area contributed by atoms with Crippen LogP contribution in [0.2, 0.25) is 0 Å². The molecule has 1 fully saturated rings. The summed E-state index contributed by atoms with van der Waals surface area (Å²) in [7, 11) is 0. The zero-order valence-electron chi connectivity index (χ0n) is 11.3. The maximum absolute atomic E-state index is 13.8. The van der Waals surface area contributed by atoms with E-state index >= 15 is 0 Å². The second-order valence-electron chi connectivity index (χ2n) is 4.62. The highest BCUT2D eigenvalue weighted by atomic mass is 19.4. The molecule has 0 aromatic carbocycles. The lowest BCUT2D eigenvalue weighted by molar-refractivity contribution is -0.304. The van der Waals surface area contributed by atoms with E-state index in [-0.39, 0.29) is 13.2 Å². The molecule has 0 aromatic heterocycles. The van der Waals surface area contributed by atoms with Gasteiger partial charge in [0.1, 0.15) is 6.61 Å². The Kier molecular flexibility index (Phi) is 5.71. The van der Waals surface area contributed by atoms with Crippen LogP contribution in [0.3, 0.4) is 0 Å². The number of rotatable bonds is 8. The lowest BCUT2D eigenvalue weighted by Crippen LogP contribution is -2.55. The largest absolute Gasteiger partial charge is 0.508 e. The zero-order chi connectivity index (χ0) is 17.0. The molecule has 22 heavy (non-hydrogen) atoms. The molecule has 0 radical (unpaired) electrons. The molecule has 2 atom stereocenters. The smallest absolute Gasteiger partial charge is 0.430 e. The predicted molar refractivity (Wildman–Crippen MR) is 61.3 cm³/mol. The van der Waals surface area contributed by atoms with Gasteiger partial charge in [0.05, 0.1) is 13.2 Å². The number of hydrogen-bond donors (Lipinski definition) is 0. The average molecular weight is 336 g/mol. The molecule has 1 rings (SSSR count). The van der Waals surface area contributed by atoms with Gasteiger partial charge in [-0.25, -0.2) is 18.0 Å². The second-order valence-corrected chi connectivity index (χ2v) is 4.62. The SMILES string of the molecule is C=CCC(F)(C(F)(F)F)C(F)(F)CCOCC1COC(=O)O1. The molecule has 0 amide bonds. The van der Waals surface area contributed by atoms with Crippen molar-refractivity contribution >= 4 is 6.16 Å². The topological polar surface area (TPSA) is 44.8 Å². The first-order valence-corrected chi connectivity index (χ1v) is 6.19. The van der Waals surface area contributed by atoms with E-state index < -0.39 is 49.5 Å². The van der Waals surface area contributed by atoms with Crippen molar-refractivity contribution in [1.82, 2.24) is 0 Å². The number of halogens is 6. The summed E-state index contributed by atoms with van der Waals surface area (Å²) in [5.74, 6) is -4.69. The fourth-order valence-corrected chi connectivity index (χ4v) is 1.73. The quantitative estimate of drug-likeness (QED) is 0.295. The molecule has 4 nitrogen and oxygen atoms in total. The highest BCUT2D eigenvalue weighted by Crippen LogP contribution is 2.49. The first kappa shape index (κ1) is 18.6. The molecule has 0 bridgehead atoms. The summed E-state index contributed by atoms with van der Waals surface area (Å²) in [4.78, 5) is 10.6. The van der Waals surface area contributed by atoms with Crippen LogP contribution in [0.25, 0.3) is 0 Å². The van der Waals surface area contributed by atoms with Crippen LogP contribution in [0, 0.1) is 0 Å². The van der Waals surface area contributed by atoms with Crippen molar-refractivity contribution in [3.63, 3.8) is 0 Å². The van der Waals surface area contributed by atoms with Crippen molar-refractivity contribution in [3.8, 4) is 0 Å². The Bertz CT molecular complexity index is 411. The normalized spacial score (nSPS) is 21.9. The van der Waals surface area contributed by atoms with Crippen molar-refractivity contribution in [3.05, 3.63) is 12.7 Å². The van der Waals surface area contributed by atoms with E-state index in [4.69, 9.17) is 4.74 Å². The van der Waals surface area contributed by atoms with Gasteiger partial charge in [0.2, 0.25) is 0 Å². The number of ether oxygens (including phenoxy) is 3. The number of allylic oxidation sites excluding steroid dienone is 1. The molecular weight excluding hydrogens is 322 g/mol. The third kappa shape index (κ3) is 4.05. The summed E-state index contributed by atoms with van der Waals surface area (Å²) in [6, 6.07) is 0. The third-order valence-electron chi connectivity index (χ3n) is 2.97. The Balaban J connectivity index is 2.53. The van der Waals surface area contributed by atoms with Gasteiger partial charge in [-0.15, -0.1) is 6.58 Å². The van der Waals surface area contributed by atoms with E-state index in [2.05, 4.69) is 16.1 Å². The van der Waals surface area contributed by atoms with Crippen LogP contribution in [0.1, 0.15) is 12.8 Å². The van der Waals surface area contributed by atoms with Crippen molar-refractivity contribution in [1.29, 1.82) is 0 Å². The zero-order valence-corrected chi connectivity index (χ0v) is 11.3. The lowest BCUT2D eigenvalue weighted by Gasteiger charge is -2.34. The van der Waals surface area contributed by atoms with Gasteiger partial charge in [0.25, 0.3) is 11.6 Å². The van der Waals surface area contributed by atoms with E-state index in [9.17, 15) is 31.1 Å². The maximum Gasteiger partial charge on any atom is 0.508 e. The number of hydrogen-bond acceptors (Lipinski definition) is 4. The van der Waals surface area contributed by atoms with E-state index in [1.54, 1.807) is 0 Å². The first-order chi connectivity index (χ1) is 10.0. The molecule has 1 aliphatic heterocycles. The molecule has 1 heterocycles. The Morgan fingerprint density at radius 3 is 2.36 bits per heavy atom. The Morgan fingerprint density at radius 1 is 1.27 bits per heavy atom. The highest BCUT2D eigenvalue weighted by Gasteiger charge is 2.69. The first-order valence-electron chi connectivity index (χ1n) is 6.19. The van der Waals surface area contributed by atoms with Gasteiger partial charge in [-0.05, 0) is 0 Å². The number of cyclic esters (lactones) is 2. The van der Waals surface area contributed by atoms with Gasteiger partial charge in [-0.2, -0.15) is 13.2 Å². The van der Waals surface area contributed by atoms with Crippen LogP contribution in [-0.2, 0) is 14.2 Å². The lowest BCUT2D eigenvalue weighted by atomic mass is 9.91. The predicted octanol–water partition coefficient (Wildman–Crippen LogP) is 3.41. The van der Waals surface area contributed by atoms with Crippen molar-refractivity contribution in [2.45, 2.75) is 36.7 Å². The van der Waals surface area contributed by atoms with Crippen molar-refractivity contribution < 1.29 is 45.3 Å².